The summed E-state index contributed by atoms with van der Waals surface area (Å²) in [5.74, 6) is 0.0290. The lowest BCUT2D eigenvalue weighted by molar-refractivity contribution is -0.133. The summed E-state index contributed by atoms with van der Waals surface area (Å²) < 4.78 is 2.21. The first-order chi connectivity index (χ1) is 12.6. The van der Waals surface area contributed by atoms with Gasteiger partial charge in [-0.25, -0.2) is 0 Å². The topological polar surface area (TPSA) is 25.2 Å². The fraction of sp³-hybridized carbons (Fsp3) is 0.190. The van der Waals surface area contributed by atoms with Crippen LogP contribution in [0.25, 0.3) is 0 Å². The van der Waals surface area contributed by atoms with Crippen molar-refractivity contribution in [3.8, 4) is 0 Å². The third kappa shape index (κ3) is 3.13. The molecule has 1 aliphatic rings. The van der Waals surface area contributed by atoms with E-state index in [1.54, 1.807) is 18.2 Å². The lowest BCUT2D eigenvalue weighted by atomic mass is 9.99. The van der Waals surface area contributed by atoms with E-state index in [4.69, 9.17) is 23.2 Å². The van der Waals surface area contributed by atoms with Crippen LogP contribution in [-0.4, -0.2) is 21.9 Å². The maximum Gasteiger partial charge on any atom is 0.227 e. The van der Waals surface area contributed by atoms with E-state index in [1.807, 2.05) is 29.2 Å². The predicted octanol–water partition coefficient (Wildman–Crippen LogP) is 4.97. The van der Waals surface area contributed by atoms with Crippen LogP contribution in [0, 0.1) is 0 Å². The normalized spacial score (nSPS) is 16.4. The van der Waals surface area contributed by atoms with Gasteiger partial charge in [0.25, 0.3) is 0 Å². The highest BCUT2D eigenvalue weighted by atomic mass is 35.5. The average Bonchev–Trinajstić information content (AvgIpc) is 3.13. The van der Waals surface area contributed by atoms with Crippen molar-refractivity contribution in [3.05, 3.63) is 93.7 Å². The number of fused-ring (bicyclic) bond motifs is 1. The molecule has 0 bridgehead atoms. The molecule has 3 aromatic rings. The number of hydrogen-bond acceptors (Lipinski definition) is 1. The maximum absolute atomic E-state index is 13.2. The van der Waals surface area contributed by atoms with Gasteiger partial charge in [0.2, 0.25) is 5.91 Å². The number of rotatable bonds is 3. The highest BCUT2D eigenvalue weighted by molar-refractivity contribution is 6.36. The quantitative estimate of drug-likeness (QED) is 0.625. The van der Waals surface area contributed by atoms with Crippen molar-refractivity contribution in [3.63, 3.8) is 0 Å². The lowest BCUT2D eigenvalue weighted by Gasteiger charge is -2.37. The van der Waals surface area contributed by atoms with Gasteiger partial charge >= 0.3 is 0 Å². The second kappa shape index (κ2) is 7.18. The van der Waals surface area contributed by atoms with Crippen LogP contribution in [0.2, 0.25) is 10.0 Å². The number of nitrogens with zero attached hydrogens (tertiary/aromatic N) is 2. The monoisotopic (exact) mass is 384 g/mol. The van der Waals surface area contributed by atoms with Crippen LogP contribution in [0.5, 0.6) is 0 Å². The van der Waals surface area contributed by atoms with Gasteiger partial charge in [-0.05, 0) is 35.4 Å². The fourth-order valence-corrected chi connectivity index (χ4v) is 4.12. The largest absolute Gasteiger partial charge is 0.348 e. The van der Waals surface area contributed by atoms with E-state index in [9.17, 15) is 4.79 Å². The van der Waals surface area contributed by atoms with Gasteiger partial charge in [0.1, 0.15) is 0 Å². The van der Waals surface area contributed by atoms with Crippen molar-refractivity contribution in [1.29, 1.82) is 0 Å². The Hall–Kier alpha value is -2.23. The molecule has 0 spiro atoms. The molecule has 1 amide bonds. The van der Waals surface area contributed by atoms with Gasteiger partial charge in [-0.1, -0.05) is 59.6 Å². The minimum Gasteiger partial charge on any atom is -0.348 e. The van der Waals surface area contributed by atoms with Crippen molar-refractivity contribution in [2.45, 2.75) is 19.0 Å². The van der Waals surface area contributed by atoms with E-state index in [0.29, 0.717) is 22.2 Å². The van der Waals surface area contributed by atoms with Crippen molar-refractivity contribution in [2.24, 2.45) is 0 Å². The fourth-order valence-electron chi connectivity index (χ4n) is 3.59. The number of aromatic nitrogens is 1. The molecule has 26 heavy (non-hydrogen) atoms. The van der Waals surface area contributed by atoms with E-state index in [-0.39, 0.29) is 18.4 Å². The van der Waals surface area contributed by atoms with Gasteiger partial charge in [0.05, 0.1) is 12.5 Å². The summed E-state index contributed by atoms with van der Waals surface area (Å²) in [6.07, 6.45) is 2.26. The second-order valence-corrected chi connectivity index (χ2v) is 7.22. The molecule has 0 saturated heterocycles. The Kier molecular flexibility index (Phi) is 4.75. The van der Waals surface area contributed by atoms with Crippen molar-refractivity contribution in [1.82, 2.24) is 9.47 Å². The summed E-state index contributed by atoms with van der Waals surface area (Å²) in [7, 11) is 0. The van der Waals surface area contributed by atoms with Crippen molar-refractivity contribution in [2.75, 3.05) is 6.54 Å². The smallest absolute Gasteiger partial charge is 0.227 e. The molecule has 5 heteroatoms. The SMILES string of the molecule is O=C(Cc1c(Cl)cccc1Cl)N1CCn2cccc2C1c1ccccc1. The minimum absolute atomic E-state index is 0.0290. The van der Waals surface area contributed by atoms with E-state index in [1.165, 1.54) is 0 Å². The standard InChI is InChI=1S/C21H18Cl2N2O/c22-17-8-4-9-18(23)16(17)14-20(26)25-13-12-24-11-5-10-19(24)21(25)15-6-2-1-3-7-15/h1-11,21H,12-14H2. The third-order valence-electron chi connectivity index (χ3n) is 4.86. The zero-order valence-corrected chi connectivity index (χ0v) is 15.6. The van der Waals surface area contributed by atoms with Gasteiger partial charge < -0.3 is 9.47 Å². The molecule has 132 valence electrons. The molecule has 1 atom stereocenters. The molecule has 0 N–H and O–H groups in total. The molecular formula is C21H18Cl2N2O. The zero-order valence-electron chi connectivity index (χ0n) is 14.1. The Labute approximate surface area is 162 Å². The number of benzene rings is 2. The number of carbonyl (C=O) groups excluding carboxylic acids is 1. The number of halogens is 2. The molecule has 0 aliphatic carbocycles. The van der Waals surface area contributed by atoms with Gasteiger partial charge in [-0.2, -0.15) is 0 Å². The second-order valence-electron chi connectivity index (χ2n) is 6.40. The summed E-state index contributed by atoms with van der Waals surface area (Å²) in [4.78, 5) is 15.1. The number of amides is 1. The van der Waals surface area contributed by atoms with Crippen LogP contribution in [0.1, 0.15) is 22.9 Å². The Morgan fingerprint density at radius 2 is 1.65 bits per heavy atom. The average molecular weight is 385 g/mol. The summed E-state index contributed by atoms with van der Waals surface area (Å²) in [6, 6.07) is 19.5. The number of hydrogen-bond donors (Lipinski definition) is 0. The highest BCUT2D eigenvalue weighted by Crippen LogP contribution is 2.34. The van der Waals surface area contributed by atoms with Crippen molar-refractivity contribution >= 4 is 29.1 Å². The summed E-state index contributed by atoms with van der Waals surface area (Å²) >= 11 is 12.5. The molecule has 0 fully saturated rings. The molecule has 2 aromatic carbocycles. The molecule has 1 aliphatic heterocycles. The van der Waals surface area contributed by atoms with E-state index < -0.39 is 0 Å². The molecule has 4 rings (SSSR count). The molecule has 0 radical (unpaired) electrons. The van der Waals surface area contributed by atoms with Crippen molar-refractivity contribution < 1.29 is 4.79 Å². The van der Waals surface area contributed by atoms with Gasteiger partial charge in [-0.3, -0.25) is 4.79 Å². The zero-order chi connectivity index (χ0) is 18.1. The van der Waals surface area contributed by atoms with Crippen LogP contribution in [-0.2, 0) is 17.8 Å². The molecule has 1 unspecified atom stereocenters. The molecule has 0 saturated carbocycles. The predicted molar refractivity (Wildman–Crippen MR) is 105 cm³/mol. The first-order valence-electron chi connectivity index (χ1n) is 8.57. The van der Waals surface area contributed by atoms with Crippen LogP contribution in [0.15, 0.2) is 66.9 Å². The summed E-state index contributed by atoms with van der Waals surface area (Å²) in [5.41, 5.74) is 2.92. The maximum atomic E-state index is 13.2. The van der Waals surface area contributed by atoms with Gasteiger partial charge in [0.15, 0.2) is 0 Å². The molecular weight excluding hydrogens is 367 g/mol. The van der Waals surface area contributed by atoms with Crippen LogP contribution >= 0.6 is 23.2 Å². The van der Waals surface area contributed by atoms with Crippen LogP contribution < -0.4 is 0 Å². The lowest BCUT2D eigenvalue weighted by Crippen LogP contribution is -2.43. The van der Waals surface area contributed by atoms with E-state index in [0.717, 1.165) is 17.8 Å². The van der Waals surface area contributed by atoms with Crippen LogP contribution in [0.3, 0.4) is 0 Å². The van der Waals surface area contributed by atoms with E-state index in [2.05, 4.69) is 29.0 Å². The first-order valence-corrected chi connectivity index (χ1v) is 9.33. The Balaban J connectivity index is 1.69. The van der Waals surface area contributed by atoms with Crippen LogP contribution in [0.4, 0.5) is 0 Å². The molecule has 3 nitrogen and oxygen atoms in total. The summed E-state index contributed by atoms with van der Waals surface area (Å²) in [5, 5.41) is 1.06. The Morgan fingerprint density at radius 3 is 2.38 bits per heavy atom. The minimum atomic E-state index is -0.103. The van der Waals surface area contributed by atoms with E-state index >= 15 is 0 Å². The molecule has 2 heterocycles. The molecule has 1 aromatic heterocycles. The Bertz CT molecular complexity index is 916. The summed E-state index contributed by atoms with van der Waals surface area (Å²) in [6.45, 7) is 1.44. The highest BCUT2D eigenvalue weighted by Gasteiger charge is 2.32. The number of carbonyl (C=O) groups is 1. The Morgan fingerprint density at radius 1 is 0.923 bits per heavy atom. The van der Waals surface area contributed by atoms with Gasteiger partial charge in [0, 0.05) is 35.0 Å². The third-order valence-corrected chi connectivity index (χ3v) is 5.57. The van der Waals surface area contributed by atoms with Gasteiger partial charge in [-0.15, -0.1) is 0 Å². The first kappa shape index (κ1) is 17.2.